The number of carbonyl (C=O) groups is 1. The number of rotatable bonds is 10. The van der Waals surface area contributed by atoms with Crippen LogP contribution in [0.5, 0.6) is 17.2 Å². The molecule has 0 saturated heterocycles. The Morgan fingerprint density at radius 1 is 0.970 bits per heavy atom. The molecular weight excluding hydrogens is 428 g/mol. The predicted molar refractivity (Wildman–Crippen MR) is 120 cm³/mol. The standard InChI is InChI=1S/C26H25F2NO4/c1-31-24-15-19(7-14-23(24)33-26(27)28)16-29(21-10-11-21)25(30)20-8-12-22(13-9-20)32-17-18-5-3-2-4-6-18/h2-9,12-15,21,26H,10-11,16-17H2,1H3. The number of benzene rings is 3. The van der Waals surface area contributed by atoms with Gasteiger partial charge in [0.2, 0.25) is 0 Å². The summed E-state index contributed by atoms with van der Waals surface area (Å²) in [5.74, 6) is 0.772. The molecule has 0 N–H and O–H groups in total. The molecule has 1 amide bonds. The summed E-state index contributed by atoms with van der Waals surface area (Å²) in [7, 11) is 1.39. The third-order valence-corrected chi connectivity index (χ3v) is 5.40. The lowest BCUT2D eigenvalue weighted by Crippen LogP contribution is -2.32. The Kier molecular flexibility index (Phi) is 7.07. The molecule has 0 aromatic heterocycles. The van der Waals surface area contributed by atoms with E-state index in [0.717, 1.165) is 24.0 Å². The Labute approximate surface area is 191 Å². The summed E-state index contributed by atoms with van der Waals surface area (Å²) in [6.07, 6.45) is 1.88. The molecule has 0 aliphatic heterocycles. The average Bonchev–Trinajstić information content (AvgIpc) is 3.67. The molecule has 0 unspecified atom stereocenters. The Morgan fingerprint density at radius 3 is 2.33 bits per heavy atom. The number of halogens is 2. The Balaban J connectivity index is 1.43. The van der Waals surface area contributed by atoms with Crippen LogP contribution in [0, 0.1) is 0 Å². The van der Waals surface area contributed by atoms with Crippen LogP contribution in [0.3, 0.4) is 0 Å². The maximum atomic E-state index is 13.2. The van der Waals surface area contributed by atoms with Gasteiger partial charge in [-0.15, -0.1) is 0 Å². The summed E-state index contributed by atoms with van der Waals surface area (Å²) in [5, 5.41) is 0. The first kappa shape index (κ1) is 22.6. The molecule has 0 atom stereocenters. The molecule has 1 aliphatic carbocycles. The quantitative estimate of drug-likeness (QED) is 0.396. The van der Waals surface area contributed by atoms with Crippen molar-refractivity contribution in [3.63, 3.8) is 0 Å². The molecule has 1 aliphatic rings. The topological polar surface area (TPSA) is 48.0 Å². The summed E-state index contributed by atoms with van der Waals surface area (Å²) < 4.78 is 40.6. The van der Waals surface area contributed by atoms with Crippen LogP contribution in [0.1, 0.15) is 34.3 Å². The SMILES string of the molecule is COc1cc(CN(C(=O)c2ccc(OCc3ccccc3)cc2)C2CC2)ccc1OC(F)F. The molecule has 4 rings (SSSR count). The van der Waals surface area contributed by atoms with Gasteiger partial charge in [0.05, 0.1) is 7.11 Å². The fraction of sp³-hybridized carbons (Fsp3) is 0.269. The smallest absolute Gasteiger partial charge is 0.387 e. The molecule has 1 saturated carbocycles. The van der Waals surface area contributed by atoms with Gasteiger partial charge in [0.25, 0.3) is 5.91 Å². The minimum atomic E-state index is -2.94. The second-order valence-corrected chi connectivity index (χ2v) is 7.83. The van der Waals surface area contributed by atoms with Crippen LogP contribution < -0.4 is 14.2 Å². The number of carbonyl (C=O) groups excluding carboxylic acids is 1. The van der Waals surface area contributed by atoms with Gasteiger partial charge in [-0.3, -0.25) is 4.79 Å². The third-order valence-electron chi connectivity index (χ3n) is 5.40. The zero-order valence-corrected chi connectivity index (χ0v) is 18.2. The predicted octanol–water partition coefficient (Wildman–Crippen LogP) is 5.68. The van der Waals surface area contributed by atoms with Crippen LogP contribution >= 0.6 is 0 Å². The molecule has 5 nitrogen and oxygen atoms in total. The van der Waals surface area contributed by atoms with Crippen molar-refractivity contribution in [3.05, 3.63) is 89.5 Å². The van der Waals surface area contributed by atoms with E-state index >= 15 is 0 Å². The first-order valence-electron chi connectivity index (χ1n) is 10.7. The molecule has 0 spiro atoms. The summed E-state index contributed by atoms with van der Waals surface area (Å²) in [5.41, 5.74) is 2.41. The van der Waals surface area contributed by atoms with Gasteiger partial charge in [-0.2, -0.15) is 8.78 Å². The minimum absolute atomic E-state index is 0.0355. The monoisotopic (exact) mass is 453 g/mol. The van der Waals surface area contributed by atoms with E-state index in [4.69, 9.17) is 9.47 Å². The molecule has 33 heavy (non-hydrogen) atoms. The fourth-order valence-corrected chi connectivity index (χ4v) is 3.55. The van der Waals surface area contributed by atoms with Crippen LogP contribution in [0.25, 0.3) is 0 Å². The highest BCUT2D eigenvalue weighted by atomic mass is 19.3. The van der Waals surface area contributed by atoms with Gasteiger partial charge in [-0.1, -0.05) is 36.4 Å². The highest BCUT2D eigenvalue weighted by molar-refractivity contribution is 5.94. The number of alkyl halides is 2. The Bertz CT molecular complexity index is 1070. The van der Waals surface area contributed by atoms with Gasteiger partial charge < -0.3 is 19.1 Å². The minimum Gasteiger partial charge on any atom is -0.493 e. The number of hydrogen-bond donors (Lipinski definition) is 0. The first-order chi connectivity index (χ1) is 16.0. The number of hydrogen-bond acceptors (Lipinski definition) is 4. The van der Waals surface area contributed by atoms with Crippen molar-refractivity contribution < 1.29 is 27.8 Å². The average molecular weight is 453 g/mol. The fourth-order valence-electron chi connectivity index (χ4n) is 3.55. The van der Waals surface area contributed by atoms with Gasteiger partial charge in [-0.25, -0.2) is 0 Å². The van der Waals surface area contributed by atoms with Crippen molar-refractivity contribution in [1.29, 1.82) is 0 Å². The van der Waals surface area contributed by atoms with Crippen molar-refractivity contribution in [2.75, 3.05) is 7.11 Å². The van der Waals surface area contributed by atoms with E-state index in [9.17, 15) is 13.6 Å². The largest absolute Gasteiger partial charge is 0.493 e. The first-order valence-corrected chi connectivity index (χ1v) is 10.7. The molecule has 0 radical (unpaired) electrons. The molecule has 1 fully saturated rings. The summed E-state index contributed by atoms with van der Waals surface area (Å²) in [6.45, 7) is -2.13. The van der Waals surface area contributed by atoms with Crippen molar-refractivity contribution in [2.24, 2.45) is 0 Å². The van der Waals surface area contributed by atoms with Gasteiger partial charge >= 0.3 is 6.61 Å². The second-order valence-electron chi connectivity index (χ2n) is 7.83. The lowest BCUT2D eigenvalue weighted by molar-refractivity contribution is -0.0512. The van der Waals surface area contributed by atoms with E-state index < -0.39 is 6.61 Å². The highest BCUT2D eigenvalue weighted by Crippen LogP contribution is 2.33. The molecule has 0 heterocycles. The third kappa shape index (κ3) is 6.00. The Morgan fingerprint density at radius 2 is 1.70 bits per heavy atom. The van der Waals surface area contributed by atoms with Gasteiger partial charge in [0.15, 0.2) is 11.5 Å². The van der Waals surface area contributed by atoms with Crippen molar-refractivity contribution >= 4 is 5.91 Å². The van der Waals surface area contributed by atoms with E-state index in [-0.39, 0.29) is 23.4 Å². The maximum Gasteiger partial charge on any atom is 0.387 e. The van der Waals surface area contributed by atoms with Crippen LogP contribution in [-0.2, 0) is 13.2 Å². The maximum absolute atomic E-state index is 13.2. The van der Waals surface area contributed by atoms with Gasteiger partial charge in [0.1, 0.15) is 12.4 Å². The van der Waals surface area contributed by atoms with Crippen LogP contribution in [-0.4, -0.2) is 30.6 Å². The van der Waals surface area contributed by atoms with E-state index in [1.807, 2.05) is 35.2 Å². The van der Waals surface area contributed by atoms with Crippen LogP contribution in [0.15, 0.2) is 72.8 Å². The number of amides is 1. The number of methoxy groups -OCH3 is 1. The van der Waals surface area contributed by atoms with Gasteiger partial charge in [0, 0.05) is 18.2 Å². The number of nitrogens with zero attached hydrogens (tertiary/aromatic N) is 1. The summed E-state index contributed by atoms with van der Waals surface area (Å²) >= 11 is 0. The zero-order chi connectivity index (χ0) is 23.2. The van der Waals surface area contributed by atoms with Crippen molar-refractivity contribution in [2.45, 2.75) is 38.6 Å². The van der Waals surface area contributed by atoms with Crippen molar-refractivity contribution in [1.82, 2.24) is 4.90 Å². The van der Waals surface area contributed by atoms with E-state index in [1.54, 1.807) is 36.4 Å². The highest BCUT2D eigenvalue weighted by Gasteiger charge is 2.33. The molecule has 7 heteroatoms. The van der Waals surface area contributed by atoms with Crippen LogP contribution in [0.4, 0.5) is 8.78 Å². The summed E-state index contributed by atoms with van der Waals surface area (Å²) in [6, 6.07) is 21.9. The van der Waals surface area contributed by atoms with Gasteiger partial charge in [-0.05, 0) is 60.4 Å². The zero-order valence-electron chi connectivity index (χ0n) is 18.2. The molecule has 3 aromatic rings. The summed E-state index contributed by atoms with van der Waals surface area (Å²) in [4.78, 5) is 15.0. The lowest BCUT2D eigenvalue weighted by Gasteiger charge is -2.23. The second kappa shape index (κ2) is 10.3. The molecule has 0 bridgehead atoms. The number of ether oxygens (including phenoxy) is 3. The van der Waals surface area contributed by atoms with E-state index in [1.165, 1.54) is 13.2 Å². The molecule has 3 aromatic carbocycles. The van der Waals surface area contributed by atoms with Crippen LogP contribution in [0.2, 0.25) is 0 Å². The molecular formula is C26H25F2NO4. The lowest BCUT2D eigenvalue weighted by atomic mass is 10.1. The van der Waals surface area contributed by atoms with E-state index in [0.29, 0.717) is 24.5 Å². The van der Waals surface area contributed by atoms with Crippen molar-refractivity contribution in [3.8, 4) is 17.2 Å². The normalized spacial score (nSPS) is 13.0. The van der Waals surface area contributed by atoms with E-state index in [2.05, 4.69) is 4.74 Å². The Hall–Kier alpha value is -3.61. The molecule has 172 valence electrons.